The second-order valence-electron chi connectivity index (χ2n) is 5.90. The first-order valence-corrected chi connectivity index (χ1v) is 7.79. The number of ether oxygens (including phenoxy) is 2. The molecule has 1 aliphatic heterocycles. The zero-order valence-electron chi connectivity index (χ0n) is 13.3. The van der Waals surface area contributed by atoms with Crippen molar-refractivity contribution >= 4 is 16.8 Å². The molecule has 124 valence electrons. The highest BCUT2D eigenvalue weighted by Gasteiger charge is 2.28. The molecule has 1 aromatic carbocycles. The molecule has 0 bridgehead atoms. The maximum Gasteiger partial charge on any atom is 0.268 e. The minimum absolute atomic E-state index is 0.0268. The summed E-state index contributed by atoms with van der Waals surface area (Å²) in [5.74, 6) is -0.556. The van der Waals surface area contributed by atoms with Gasteiger partial charge in [0.2, 0.25) is 0 Å². The van der Waals surface area contributed by atoms with Crippen LogP contribution in [0.3, 0.4) is 0 Å². The number of aryl methyl sites for hydroxylation is 1. The van der Waals surface area contributed by atoms with E-state index in [-0.39, 0.29) is 23.9 Å². The molecule has 6 heteroatoms. The van der Waals surface area contributed by atoms with Crippen molar-refractivity contribution in [1.82, 2.24) is 10.3 Å². The van der Waals surface area contributed by atoms with Crippen LogP contribution in [-0.4, -0.2) is 43.4 Å². The van der Waals surface area contributed by atoms with E-state index in [0.717, 1.165) is 23.8 Å². The van der Waals surface area contributed by atoms with Gasteiger partial charge in [0.25, 0.3) is 5.91 Å². The van der Waals surface area contributed by atoms with Gasteiger partial charge in [-0.25, -0.2) is 4.39 Å². The van der Waals surface area contributed by atoms with Crippen LogP contribution in [0.5, 0.6) is 0 Å². The fourth-order valence-corrected chi connectivity index (χ4v) is 3.12. The van der Waals surface area contributed by atoms with Gasteiger partial charge in [-0.1, -0.05) is 0 Å². The molecule has 2 unspecified atom stereocenters. The Morgan fingerprint density at radius 1 is 1.57 bits per heavy atom. The van der Waals surface area contributed by atoms with Crippen molar-refractivity contribution in [2.24, 2.45) is 0 Å². The highest BCUT2D eigenvalue weighted by atomic mass is 19.1. The summed E-state index contributed by atoms with van der Waals surface area (Å²) in [7, 11) is 1.60. The number of hydrogen-bond acceptors (Lipinski definition) is 3. The molecule has 23 heavy (non-hydrogen) atoms. The molecule has 1 aliphatic rings. The van der Waals surface area contributed by atoms with Crippen molar-refractivity contribution in [2.75, 3.05) is 20.3 Å². The highest BCUT2D eigenvalue weighted by molar-refractivity contribution is 6.01. The lowest BCUT2D eigenvalue weighted by molar-refractivity contribution is 0.0402. The Morgan fingerprint density at radius 2 is 2.39 bits per heavy atom. The number of amides is 1. The Bertz CT molecular complexity index is 707. The van der Waals surface area contributed by atoms with E-state index in [1.807, 2.05) is 6.92 Å². The minimum Gasteiger partial charge on any atom is -0.382 e. The standard InChI is InChI=1S/C17H21FN2O3/c1-10-12-6-5-11(18)8-13(12)19-16(10)17(21)20-14(9-22-2)15-4-3-7-23-15/h5-6,8,14-15,19H,3-4,7,9H2,1-2H3,(H,20,21). The lowest BCUT2D eigenvalue weighted by Gasteiger charge is -2.23. The molecule has 1 fully saturated rings. The number of carbonyl (C=O) groups excluding carboxylic acids is 1. The number of H-pyrrole nitrogens is 1. The fraction of sp³-hybridized carbons (Fsp3) is 0.471. The molecular formula is C17H21FN2O3. The van der Waals surface area contributed by atoms with E-state index in [9.17, 15) is 9.18 Å². The Labute approximate surface area is 134 Å². The van der Waals surface area contributed by atoms with E-state index >= 15 is 0 Å². The SMILES string of the molecule is COCC(NC(=O)c1[nH]c2cc(F)ccc2c1C)C1CCCO1. The lowest BCUT2D eigenvalue weighted by atomic mass is 10.1. The van der Waals surface area contributed by atoms with Crippen molar-refractivity contribution in [3.63, 3.8) is 0 Å². The molecule has 1 saturated heterocycles. The van der Waals surface area contributed by atoms with E-state index < -0.39 is 0 Å². The number of hydrogen-bond donors (Lipinski definition) is 2. The molecule has 2 N–H and O–H groups in total. The summed E-state index contributed by atoms with van der Waals surface area (Å²) in [4.78, 5) is 15.6. The maximum absolute atomic E-state index is 13.3. The van der Waals surface area contributed by atoms with Gasteiger partial charge in [0.15, 0.2) is 0 Å². The van der Waals surface area contributed by atoms with E-state index in [1.165, 1.54) is 12.1 Å². The summed E-state index contributed by atoms with van der Waals surface area (Å²) < 4.78 is 24.2. The van der Waals surface area contributed by atoms with Crippen LogP contribution in [0.1, 0.15) is 28.9 Å². The second-order valence-corrected chi connectivity index (χ2v) is 5.90. The van der Waals surface area contributed by atoms with Gasteiger partial charge in [-0.15, -0.1) is 0 Å². The molecule has 0 saturated carbocycles. The molecule has 0 radical (unpaired) electrons. The molecule has 0 aliphatic carbocycles. The van der Waals surface area contributed by atoms with Crippen LogP contribution in [0, 0.1) is 12.7 Å². The summed E-state index contributed by atoms with van der Waals surface area (Å²) in [6.07, 6.45) is 1.87. The summed E-state index contributed by atoms with van der Waals surface area (Å²) in [5, 5.41) is 3.82. The van der Waals surface area contributed by atoms with Crippen molar-refractivity contribution in [3.05, 3.63) is 35.3 Å². The number of aromatic amines is 1. The first-order chi connectivity index (χ1) is 11.1. The Kier molecular flexibility index (Phi) is 4.63. The maximum atomic E-state index is 13.3. The molecule has 2 atom stereocenters. The largest absolute Gasteiger partial charge is 0.382 e. The Hall–Kier alpha value is -1.92. The third-order valence-corrected chi connectivity index (χ3v) is 4.32. The van der Waals surface area contributed by atoms with Crippen LogP contribution in [-0.2, 0) is 9.47 Å². The number of rotatable bonds is 5. The molecule has 5 nitrogen and oxygen atoms in total. The number of benzene rings is 1. The van der Waals surface area contributed by atoms with Crippen LogP contribution < -0.4 is 5.32 Å². The third-order valence-electron chi connectivity index (χ3n) is 4.32. The van der Waals surface area contributed by atoms with Gasteiger partial charge >= 0.3 is 0 Å². The zero-order chi connectivity index (χ0) is 16.4. The van der Waals surface area contributed by atoms with Crippen molar-refractivity contribution in [2.45, 2.75) is 31.9 Å². The van der Waals surface area contributed by atoms with Crippen LogP contribution in [0.15, 0.2) is 18.2 Å². The average molecular weight is 320 g/mol. The summed E-state index contributed by atoms with van der Waals surface area (Å²) in [6.45, 7) is 2.96. The average Bonchev–Trinajstić information content (AvgIpc) is 3.15. The van der Waals surface area contributed by atoms with Gasteiger partial charge in [0, 0.05) is 24.6 Å². The highest BCUT2D eigenvalue weighted by Crippen LogP contribution is 2.23. The van der Waals surface area contributed by atoms with Crippen LogP contribution in [0.4, 0.5) is 4.39 Å². The number of fused-ring (bicyclic) bond motifs is 1. The first-order valence-electron chi connectivity index (χ1n) is 7.79. The normalized spacial score (nSPS) is 19.2. The van der Waals surface area contributed by atoms with Crippen molar-refractivity contribution in [3.8, 4) is 0 Å². The number of methoxy groups -OCH3 is 1. The monoisotopic (exact) mass is 320 g/mol. The topological polar surface area (TPSA) is 63.3 Å². The van der Waals surface area contributed by atoms with Gasteiger partial charge in [0.1, 0.15) is 11.5 Å². The van der Waals surface area contributed by atoms with Gasteiger partial charge in [-0.3, -0.25) is 4.79 Å². The van der Waals surface area contributed by atoms with Crippen molar-refractivity contribution in [1.29, 1.82) is 0 Å². The minimum atomic E-state index is -0.331. The summed E-state index contributed by atoms with van der Waals surface area (Å²) in [6, 6.07) is 4.27. The number of aromatic nitrogens is 1. The van der Waals surface area contributed by atoms with E-state index in [4.69, 9.17) is 9.47 Å². The number of carbonyl (C=O) groups is 1. The summed E-state index contributed by atoms with van der Waals surface area (Å²) in [5.41, 5.74) is 1.87. The van der Waals surface area contributed by atoms with Crippen molar-refractivity contribution < 1.29 is 18.7 Å². The third kappa shape index (κ3) is 3.23. The molecule has 0 spiro atoms. The number of nitrogens with one attached hydrogen (secondary N) is 2. The van der Waals surface area contributed by atoms with E-state index in [2.05, 4.69) is 10.3 Å². The van der Waals surface area contributed by atoms with Crippen LogP contribution >= 0.6 is 0 Å². The first kappa shape index (κ1) is 16.0. The molecule has 1 aromatic heterocycles. The fourth-order valence-electron chi connectivity index (χ4n) is 3.12. The van der Waals surface area contributed by atoms with Gasteiger partial charge in [-0.2, -0.15) is 0 Å². The van der Waals surface area contributed by atoms with Gasteiger partial charge in [0.05, 0.1) is 18.8 Å². The summed E-state index contributed by atoms with van der Waals surface area (Å²) >= 11 is 0. The lowest BCUT2D eigenvalue weighted by Crippen LogP contribution is -2.46. The van der Waals surface area contributed by atoms with Crippen LogP contribution in [0.25, 0.3) is 10.9 Å². The molecule has 1 amide bonds. The van der Waals surface area contributed by atoms with Crippen LogP contribution in [0.2, 0.25) is 0 Å². The Balaban J connectivity index is 1.82. The second kappa shape index (κ2) is 6.68. The molecule has 2 aromatic rings. The quantitative estimate of drug-likeness (QED) is 0.890. The van der Waals surface area contributed by atoms with E-state index in [0.29, 0.717) is 24.4 Å². The smallest absolute Gasteiger partial charge is 0.268 e. The predicted octanol–water partition coefficient (Wildman–Crippen LogP) is 2.54. The molecular weight excluding hydrogens is 299 g/mol. The molecule has 3 rings (SSSR count). The van der Waals surface area contributed by atoms with Gasteiger partial charge < -0.3 is 19.8 Å². The Morgan fingerprint density at radius 3 is 3.09 bits per heavy atom. The zero-order valence-corrected chi connectivity index (χ0v) is 13.3. The predicted molar refractivity (Wildman–Crippen MR) is 85.1 cm³/mol. The molecule has 2 heterocycles. The van der Waals surface area contributed by atoms with E-state index in [1.54, 1.807) is 13.2 Å². The number of halogens is 1. The van der Waals surface area contributed by atoms with Gasteiger partial charge in [-0.05, 0) is 43.5 Å².